The smallest absolute Gasteiger partial charge is 0.126 e. The van der Waals surface area contributed by atoms with Crippen molar-refractivity contribution < 1.29 is 18.3 Å². The first-order chi connectivity index (χ1) is 11.0. The number of aryl methyl sites for hydroxylation is 1. The quantitative estimate of drug-likeness (QED) is 0.579. The van der Waals surface area contributed by atoms with E-state index < -0.39 is 0 Å². The molecule has 7 heteroatoms. The van der Waals surface area contributed by atoms with Gasteiger partial charge in [0.25, 0.3) is 0 Å². The van der Waals surface area contributed by atoms with E-state index in [4.69, 9.17) is 18.3 Å². The number of benzene rings is 1. The van der Waals surface area contributed by atoms with Crippen LogP contribution in [-0.4, -0.2) is 39.8 Å². The molecular formula is C16H31O4P3. The highest BCUT2D eigenvalue weighted by molar-refractivity contribution is 7.31. The molecule has 0 aromatic heterocycles. The van der Waals surface area contributed by atoms with Crippen LogP contribution in [0.4, 0.5) is 0 Å². The Labute approximate surface area is 147 Å². The molecule has 23 heavy (non-hydrogen) atoms. The standard InChI is InChI=1S/C10H15OP.C6H16O3P2/c1-7(2)9-5-4-8(3)6-10(9)11-12;1-7-4-6(9-11-3)5-8-10-2/h4-7H,12H2,1-3H3;6,10-11H,4-5H2,1-3H3. The fourth-order valence-corrected chi connectivity index (χ4v) is 2.89. The van der Waals surface area contributed by atoms with E-state index in [1.165, 1.54) is 11.1 Å². The van der Waals surface area contributed by atoms with Crippen molar-refractivity contribution in [1.82, 2.24) is 0 Å². The van der Waals surface area contributed by atoms with Gasteiger partial charge in [-0.25, -0.2) is 0 Å². The predicted octanol–water partition coefficient (Wildman–Crippen LogP) is 4.77. The van der Waals surface area contributed by atoms with E-state index in [2.05, 4.69) is 48.4 Å². The van der Waals surface area contributed by atoms with Crippen molar-refractivity contribution in [3.8, 4) is 5.75 Å². The predicted molar refractivity (Wildman–Crippen MR) is 107 cm³/mol. The molecule has 0 aliphatic carbocycles. The number of hydrogen-bond acceptors (Lipinski definition) is 4. The maximum absolute atomic E-state index is 5.37. The molecule has 0 N–H and O–H groups in total. The maximum Gasteiger partial charge on any atom is 0.126 e. The van der Waals surface area contributed by atoms with Gasteiger partial charge in [0, 0.05) is 24.7 Å². The summed E-state index contributed by atoms with van der Waals surface area (Å²) in [6.45, 7) is 11.6. The van der Waals surface area contributed by atoms with E-state index in [-0.39, 0.29) is 6.10 Å². The van der Waals surface area contributed by atoms with Gasteiger partial charge in [-0.3, -0.25) is 0 Å². The van der Waals surface area contributed by atoms with Crippen LogP contribution in [0.1, 0.15) is 30.9 Å². The summed E-state index contributed by atoms with van der Waals surface area (Å²) in [7, 11) is 4.99. The number of methoxy groups -OCH3 is 1. The summed E-state index contributed by atoms with van der Waals surface area (Å²) in [6.07, 6.45) is 0.107. The largest absolute Gasteiger partial charge is 0.480 e. The van der Waals surface area contributed by atoms with Gasteiger partial charge in [-0.15, -0.1) is 0 Å². The first-order valence-corrected chi connectivity index (χ1v) is 10.9. The second kappa shape index (κ2) is 14.5. The van der Waals surface area contributed by atoms with Gasteiger partial charge >= 0.3 is 0 Å². The van der Waals surface area contributed by atoms with Crippen LogP contribution in [0, 0.1) is 6.92 Å². The Morgan fingerprint density at radius 1 is 1.13 bits per heavy atom. The topological polar surface area (TPSA) is 36.9 Å². The van der Waals surface area contributed by atoms with Crippen LogP contribution in [0.25, 0.3) is 0 Å². The highest BCUT2D eigenvalue weighted by atomic mass is 31.1. The summed E-state index contributed by atoms with van der Waals surface area (Å²) >= 11 is 0. The Kier molecular flexibility index (Phi) is 14.6. The van der Waals surface area contributed by atoms with Crippen molar-refractivity contribution in [1.29, 1.82) is 0 Å². The molecule has 0 aliphatic heterocycles. The van der Waals surface area contributed by atoms with Crippen molar-refractivity contribution in [3.63, 3.8) is 0 Å². The highest BCUT2D eigenvalue weighted by Crippen LogP contribution is 2.28. The molecule has 0 spiro atoms. The van der Waals surface area contributed by atoms with E-state index in [0.29, 0.717) is 36.7 Å². The molecule has 0 bridgehead atoms. The molecule has 1 aromatic rings. The van der Waals surface area contributed by atoms with Crippen molar-refractivity contribution in [2.24, 2.45) is 0 Å². The summed E-state index contributed by atoms with van der Waals surface area (Å²) in [5.41, 5.74) is 2.49. The molecule has 1 aromatic carbocycles. The van der Waals surface area contributed by atoms with E-state index in [9.17, 15) is 0 Å². The Morgan fingerprint density at radius 2 is 1.83 bits per heavy atom. The van der Waals surface area contributed by atoms with Crippen LogP contribution in [0.5, 0.6) is 5.75 Å². The summed E-state index contributed by atoms with van der Waals surface area (Å²) in [4.78, 5) is 0. The Hall–Kier alpha value is 0.190. The third kappa shape index (κ3) is 10.6. The van der Waals surface area contributed by atoms with E-state index >= 15 is 0 Å². The molecule has 0 fully saturated rings. The van der Waals surface area contributed by atoms with Gasteiger partial charge < -0.3 is 18.3 Å². The van der Waals surface area contributed by atoms with Gasteiger partial charge in [-0.2, -0.15) is 0 Å². The number of rotatable bonds is 9. The van der Waals surface area contributed by atoms with Crippen molar-refractivity contribution in [2.45, 2.75) is 32.8 Å². The average Bonchev–Trinajstić information content (AvgIpc) is 2.53. The first-order valence-electron chi connectivity index (χ1n) is 7.57. The zero-order valence-electron chi connectivity index (χ0n) is 15.0. The van der Waals surface area contributed by atoms with Gasteiger partial charge in [-0.05, 0) is 43.4 Å². The maximum atomic E-state index is 5.37. The molecule has 0 heterocycles. The lowest BCUT2D eigenvalue weighted by Gasteiger charge is -2.14. The Bertz CT molecular complexity index is 410. The summed E-state index contributed by atoms with van der Waals surface area (Å²) in [6, 6.07) is 6.30. The monoisotopic (exact) mass is 380 g/mol. The second-order valence-electron chi connectivity index (χ2n) is 5.23. The minimum Gasteiger partial charge on any atom is -0.480 e. The molecule has 0 aliphatic rings. The van der Waals surface area contributed by atoms with Gasteiger partial charge in [0.15, 0.2) is 0 Å². The zero-order chi connectivity index (χ0) is 17.7. The van der Waals surface area contributed by atoms with Crippen LogP contribution >= 0.6 is 27.1 Å². The number of hydrogen-bond donors (Lipinski definition) is 0. The molecule has 0 radical (unpaired) electrons. The van der Waals surface area contributed by atoms with Crippen molar-refractivity contribution in [3.05, 3.63) is 29.3 Å². The van der Waals surface area contributed by atoms with Crippen molar-refractivity contribution in [2.75, 3.05) is 33.7 Å². The second-order valence-corrected chi connectivity index (χ2v) is 6.80. The number of ether oxygens (including phenoxy) is 1. The zero-order valence-corrected chi connectivity index (χ0v) is 18.2. The molecule has 0 saturated heterocycles. The van der Waals surface area contributed by atoms with Crippen LogP contribution in [0.15, 0.2) is 18.2 Å². The van der Waals surface area contributed by atoms with Crippen molar-refractivity contribution >= 4 is 27.1 Å². The molecule has 4 unspecified atom stereocenters. The first kappa shape index (κ1) is 23.2. The lowest BCUT2D eigenvalue weighted by atomic mass is 10.0. The lowest BCUT2D eigenvalue weighted by molar-refractivity contribution is 0.0633. The van der Waals surface area contributed by atoms with E-state index in [0.717, 1.165) is 5.75 Å². The third-order valence-electron chi connectivity index (χ3n) is 2.97. The molecule has 1 rings (SSSR count). The van der Waals surface area contributed by atoms with E-state index in [1.54, 1.807) is 7.11 Å². The van der Waals surface area contributed by atoms with Crippen LogP contribution in [0.2, 0.25) is 0 Å². The van der Waals surface area contributed by atoms with Gasteiger partial charge in [0.1, 0.15) is 11.9 Å². The SMILES string of the molecule is COCC(COPC)OPC.Cc1ccc(C(C)C)c(OP)c1. The summed E-state index contributed by atoms with van der Waals surface area (Å²) in [5, 5.41) is 0. The molecule has 134 valence electrons. The average molecular weight is 380 g/mol. The summed E-state index contributed by atoms with van der Waals surface area (Å²) in [5.74, 6) is 1.48. The van der Waals surface area contributed by atoms with Crippen LogP contribution in [-0.2, 0) is 13.8 Å². The van der Waals surface area contributed by atoms with Crippen LogP contribution in [0.3, 0.4) is 0 Å². The molecule has 0 amide bonds. The van der Waals surface area contributed by atoms with E-state index in [1.807, 2.05) is 13.3 Å². The molecule has 4 nitrogen and oxygen atoms in total. The highest BCUT2D eigenvalue weighted by Gasteiger charge is 2.07. The van der Waals surface area contributed by atoms with Gasteiger partial charge in [0.05, 0.1) is 22.7 Å². The minimum absolute atomic E-state index is 0.107. The van der Waals surface area contributed by atoms with Gasteiger partial charge in [0.2, 0.25) is 0 Å². The molecule has 0 saturated carbocycles. The molecular weight excluding hydrogens is 349 g/mol. The fraction of sp³-hybridized carbons (Fsp3) is 0.625. The normalized spacial score (nSPS) is 12.9. The fourth-order valence-electron chi connectivity index (χ4n) is 1.87. The molecule has 4 atom stereocenters. The summed E-state index contributed by atoms with van der Waals surface area (Å²) < 4.78 is 20.8. The third-order valence-corrected chi connectivity index (χ3v) is 4.25. The Balaban J connectivity index is 0.000000423. The van der Waals surface area contributed by atoms with Gasteiger partial charge in [-0.1, -0.05) is 26.0 Å². The lowest BCUT2D eigenvalue weighted by Crippen LogP contribution is -2.20. The minimum atomic E-state index is 0.107. The Morgan fingerprint density at radius 3 is 2.30 bits per heavy atom. The van der Waals surface area contributed by atoms with Crippen LogP contribution < -0.4 is 4.52 Å².